The van der Waals surface area contributed by atoms with Gasteiger partial charge in [0.15, 0.2) is 0 Å². The molecule has 1 aliphatic rings. The molecule has 1 heterocycles. The van der Waals surface area contributed by atoms with Gasteiger partial charge in [-0.3, -0.25) is 4.79 Å². The van der Waals surface area contributed by atoms with Crippen LogP contribution in [0.25, 0.3) is 0 Å². The second kappa shape index (κ2) is 5.98. The first-order valence-corrected chi connectivity index (χ1v) is 6.43. The molecule has 16 heavy (non-hydrogen) atoms. The van der Waals surface area contributed by atoms with Crippen molar-refractivity contribution in [3.05, 3.63) is 0 Å². The molecular weight excluding hydrogens is 274 g/mol. The monoisotopic (exact) mass is 293 g/mol. The van der Waals surface area contributed by atoms with Crippen LogP contribution in [0, 0.1) is 0 Å². The second-order valence-corrected chi connectivity index (χ2v) is 5.72. The quantitative estimate of drug-likeness (QED) is 0.720. The molecule has 2 atom stereocenters. The third kappa shape index (κ3) is 3.43. The van der Waals surface area contributed by atoms with E-state index in [4.69, 9.17) is 9.47 Å². The summed E-state index contributed by atoms with van der Waals surface area (Å²) in [7, 11) is 3.46. The number of ether oxygens (including phenoxy) is 2. The molecule has 2 unspecified atom stereocenters. The molecule has 94 valence electrons. The van der Waals surface area contributed by atoms with E-state index in [0.717, 1.165) is 12.8 Å². The fourth-order valence-electron chi connectivity index (χ4n) is 1.97. The molecule has 0 aliphatic carbocycles. The van der Waals surface area contributed by atoms with Crippen LogP contribution < -0.4 is 0 Å². The number of amides is 1. The summed E-state index contributed by atoms with van der Waals surface area (Å²) in [5.74, 6) is 0.0607. The highest BCUT2D eigenvalue weighted by Crippen LogP contribution is 2.27. The number of alkyl halides is 1. The molecule has 1 aliphatic heterocycles. The van der Waals surface area contributed by atoms with E-state index in [0.29, 0.717) is 19.8 Å². The van der Waals surface area contributed by atoms with Crippen molar-refractivity contribution < 1.29 is 14.3 Å². The van der Waals surface area contributed by atoms with Crippen LogP contribution in [0.3, 0.4) is 0 Å². The van der Waals surface area contributed by atoms with E-state index < -0.39 is 5.60 Å². The summed E-state index contributed by atoms with van der Waals surface area (Å²) in [6.45, 7) is 3.78. The minimum atomic E-state index is -0.617. The Hall–Kier alpha value is -0.130. The Bertz CT molecular complexity index is 241. The fraction of sp³-hybridized carbons (Fsp3) is 0.909. The van der Waals surface area contributed by atoms with Crippen molar-refractivity contribution in [2.75, 3.05) is 33.9 Å². The lowest BCUT2D eigenvalue weighted by atomic mass is 10.0. The first-order chi connectivity index (χ1) is 7.49. The van der Waals surface area contributed by atoms with Gasteiger partial charge in [0, 0.05) is 27.3 Å². The van der Waals surface area contributed by atoms with E-state index in [1.165, 1.54) is 0 Å². The normalized spacial score (nSPS) is 26.8. The van der Waals surface area contributed by atoms with E-state index in [2.05, 4.69) is 15.9 Å². The Morgan fingerprint density at radius 1 is 1.69 bits per heavy atom. The predicted octanol–water partition coefficient (Wildman–Crippen LogP) is 1.42. The maximum atomic E-state index is 12.1. The SMILES string of the molecule is COCC(Br)CN(C)C(=O)C1(C)CCCO1. The number of methoxy groups -OCH3 is 1. The van der Waals surface area contributed by atoms with Gasteiger partial charge in [0.1, 0.15) is 5.60 Å². The number of halogens is 1. The number of rotatable bonds is 5. The number of carbonyl (C=O) groups is 1. The van der Waals surface area contributed by atoms with Crippen LogP contribution in [-0.2, 0) is 14.3 Å². The van der Waals surface area contributed by atoms with Crippen molar-refractivity contribution in [1.82, 2.24) is 4.90 Å². The molecule has 0 N–H and O–H groups in total. The van der Waals surface area contributed by atoms with Crippen molar-refractivity contribution in [1.29, 1.82) is 0 Å². The predicted molar refractivity (Wildman–Crippen MR) is 65.8 cm³/mol. The molecule has 0 spiro atoms. The molecule has 1 rings (SSSR count). The van der Waals surface area contributed by atoms with Crippen LogP contribution in [-0.4, -0.2) is 55.2 Å². The Kier molecular flexibility index (Phi) is 5.21. The molecule has 0 bridgehead atoms. The number of likely N-dealkylation sites (N-methyl/N-ethyl adjacent to an activating group) is 1. The minimum absolute atomic E-state index is 0.0607. The van der Waals surface area contributed by atoms with Gasteiger partial charge in [-0.1, -0.05) is 15.9 Å². The molecule has 1 fully saturated rings. The van der Waals surface area contributed by atoms with Gasteiger partial charge in [-0.25, -0.2) is 0 Å². The van der Waals surface area contributed by atoms with Gasteiger partial charge < -0.3 is 14.4 Å². The van der Waals surface area contributed by atoms with Gasteiger partial charge in [0.25, 0.3) is 5.91 Å². The first-order valence-electron chi connectivity index (χ1n) is 5.52. The number of carbonyl (C=O) groups excluding carboxylic acids is 1. The van der Waals surface area contributed by atoms with Crippen molar-refractivity contribution in [3.8, 4) is 0 Å². The van der Waals surface area contributed by atoms with Gasteiger partial charge in [0.2, 0.25) is 0 Å². The Morgan fingerprint density at radius 3 is 2.88 bits per heavy atom. The lowest BCUT2D eigenvalue weighted by molar-refractivity contribution is -0.149. The van der Waals surface area contributed by atoms with E-state index >= 15 is 0 Å². The van der Waals surface area contributed by atoms with Crippen molar-refractivity contribution in [2.45, 2.75) is 30.2 Å². The number of hydrogen-bond acceptors (Lipinski definition) is 3. The highest BCUT2D eigenvalue weighted by molar-refractivity contribution is 9.09. The van der Waals surface area contributed by atoms with Crippen LogP contribution in [0.15, 0.2) is 0 Å². The van der Waals surface area contributed by atoms with E-state index in [1.54, 1.807) is 19.1 Å². The van der Waals surface area contributed by atoms with Crippen molar-refractivity contribution in [2.24, 2.45) is 0 Å². The van der Waals surface area contributed by atoms with E-state index in [9.17, 15) is 4.79 Å². The smallest absolute Gasteiger partial charge is 0.254 e. The largest absolute Gasteiger partial charge is 0.383 e. The van der Waals surface area contributed by atoms with Crippen LogP contribution in [0.4, 0.5) is 0 Å². The third-order valence-corrected chi connectivity index (χ3v) is 3.39. The number of nitrogens with zero attached hydrogens (tertiary/aromatic N) is 1. The van der Waals surface area contributed by atoms with E-state index in [-0.39, 0.29) is 10.7 Å². The molecule has 5 heteroatoms. The van der Waals surface area contributed by atoms with Gasteiger partial charge in [-0.2, -0.15) is 0 Å². The molecule has 1 amide bonds. The average molecular weight is 294 g/mol. The second-order valence-electron chi connectivity index (χ2n) is 4.42. The minimum Gasteiger partial charge on any atom is -0.383 e. The van der Waals surface area contributed by atoms with Crippen LogP contribution >= 0.6 is 15.9 Å². The summed E-state index contributed by atoms with van der Waals surface area (Å²) < 4.78 is 10.5. The zero-order valence-corrected chi connectivity index (χ0v) is 11.7. The average Bonchev–Trinajstić information content (AvgIpc) is 2.65. The Morgan fingerprint density at radius 2 is 2.38 bits per heavy atom. The van der Waals surface area contributed by atoms with Gasteiger partial charge >= 0.3 is 0 Å². The summed E-state index contributed by atoms with van der Waals surface area (Å²) in [5.41, 5.74) is -0.617. The van der Waals surface area contributed by atoms with E-state index in [1.807, 2.05) is 6.92 Å². The fourth-order valence-corrected chi connectivity index (χ4v) is 2.66. The maximum absolute atomic E-state index is 12.1. The van der Waals surface area contributed by atoms with Gasteiger partial charge in [-0.15, -0.1) is 0 Å². The summed E-state index contributed by atoms with van der Waals surface area (Å²) in [6.07, 6.45) is 1.78. The third-order valence-electron chi connectivity index (χ3n) is 2.84. The highest BCUT2D eigenvalue weighted by atomic mass is 79.9. The lowest BCUT2D eigenvalue weighted by Crippen LogP contribution is -2.47. The molecule has 0 aromatic carbocycles. The zero-order chi connectivity index (χ0) is 12.2. The van der Waals surface area contributed by atoms with Crippen LogP contribution in [0.5, 0.6) is 0 Å². The summed E-state index contributed by atoms with van der Waals surface area (Å²) in [6, 6.07) is 0. The van der Waals surface area contributed by atoms with Gasteiger partial charge in [0.05, 0.1) is 11.4 Å². The Balaban J connectivity index is 2.46. The molecule has 0 aromatic rings. The molecule has 4 nitrogen and oxygen atoms in total. The van der Waals surface area contributed by atoms with Crippen LogP contribution in [0.1, 0.15) is 19.8 Å². The van der Waals surface area contributed by atoms with Crippen molar-refractivity contribution in [3.63, 3.8) is 0 Å². The summed E-state index contributed by atoms with van der Waals surface area (Å²) in [4.78, 5) is 14.0. The molecule has 0 saturated carbocycles. The van der Waals surface area contributed by atoms with Crippen molar-refractivity contribution >= 4 is 21.8 Å². The topological polar surface area (TPSA) is 38.8 Å². The van der Waals surface area contributed by atoms with Crippen LogP contribution in [0.2, 0.25) is 0 Å². The molecule has 1 saturated heterocycles. The lowest BCUT2D eigenvalue weighted by Gasteiger charge is -2.29. The van der Waals surface area contributed by atoms with Gasteiger partial charge in [-0.05, 0) is 19.8 Å². The summed E-state index contributed by atoms with van der Waals surface area (Å²) in [5, 5.41) is 0. The molecule has 0 radical (unpaired) electrons. The molecule has 0 aromatic heterocycles. The maximum Gasteiger partial charge on any atom is 0.254 e. The summed E-state index contributed by atoms with van der Waals surface area (Å²) >= 11 is 3.47. The Labute approximate surface area is 105 Å². The number of hydrogen-bond donors (Lipinski definition) is 0. The molecular formula is C11H20BrNO3. The first kappa shape index (κ1) is 13.9. The highest BCUT2D eigenvalue weighted by Gasteiger charge is 2.39. The zero-order valence-electron chi connectivity index (χ0n) is 10.2. The standard InChI is InChI=1S/C11H20BrNO3/c1-11(5-4-6-16-11)10(14)13(2)7-9(12)8-15-3/h9H,4-8H2,1-3H3.